The first kappa shape index (κ1) is 30.8. The van der Waals surface area contributed by atoms with Gasteiger partial charge in [-0.3, -0.25) is 19.8 Å². The maximum Gasteiger partial charge on any atom is 0.251 e. The van der Waals surface area contributed by atoms with Gasteiger partial charge in [-0.05, 0) is 69.9 Å². The Balaban J connectivity index is 1.14. The summed E-state index contributed by atoms with van der Waals surface area (Å²) < 4.78 is 4.23. The molecule has 8 aromatic rings. The Morgan fingerprint density at radius 2 is 1.52 bits per heavy atom. The number of pyridine rings is 2. The summed E-state index contributed by atoms with van der Waals surface area (Å²) in [7, 11) is 0. The number of halogens is 1. The zero-order valence-electron chi connectivity index (χ0n) is 27.6. The second kappa shape index (κ2) is 12.4. The molecule has 8 heterocycles. The number of nitrogens with one attached hydrogen (secondary N) is 1. The number of para-hydroxylation sites is 2. The van der Waals surface area contributed by atoms with Gasteiger partial charge >= 0.3 is 0 Å². The predicted molar refractivity (Wildman–Crippen MR) is 195 cm³/mol. The lowest BCUT2D eigenvalue weighted by atomic mass is 10.1. The fourth-order valence-electron chi connectivity index (χ4n) is 7.16. The van der Waals surface area contributed by atoms with Crippen LogP contribution in [0, 0.1) is 11.3 Å². The van der Waals surface area contributed by atoms with E-state index >= 15 is 0 Å². The molecular formula is C36H28BrN15. The minimum Gasteiger partial charge on any atom is -0.290 e. The molecule has 254 valence electrons. The van der Waals surface area contributed by atoms with Crippen LogP contribution in [0.2, 0.25) is 0 Å². The molecule has 0 amide bonds. The first-order chi connectivity index (χ1) is 25.6. The van der Waals surface area contributed by atoms with E-state index in [1.54, 1.807) is 20.1 Å². The minimum atomic E-state index is 0.361. The van der Waals surface area contributed by atoms with Crippen LogP contribution >= 0.6 is 15.9 Å². The maximum atomic E-state index is 10.2. The van der Waals surface area contributed by atoms with Crippen LogP contribution < -0.4 is 10.4 Å². The highest BCUT2D eigenvalue weighted by molar-refractivity contribution is 9.10. The molecule has 2 aliphatic heterocycles. The third-order valence-electron chi connectivity index (χ3n) is 9.65. The van der Waals surface area contributed by atoms with E-state index in [1.807, 2.05) is 54.9 Å². The van der Waals surface area contributed by atoms with Crippen molar-refractivity contribution in [3.63, 3.8) is 0 Å². The number of nitrogens with zero attached hydrogens (tertiary/aromatic N) is 14. The van der Waals surface area contributed by atoms with Crippen LogP contribution in [-0.2, 0) is 32.6 Å². The van der Waals surface area contributed by atoms with E-state index in [4.69, 9.17) is 20.1 Å². The number of hydrogen-bond donors (Lipinski definition) is 1. The smallest absolute Gasteiger partial charge is 0.251 e. The van der Waals surface area contributed by atoms with Crippen LogP contribution in [0.4, 0.5) is 11.9 Å². The number of nitriles is 1. The highest BCUT2D eigenvalue weighted by Crippen LogP contribution is 2.32. The number of anilines is 2. The van der Waals surface area contributed by atoms with E-state index in [0.29, 0.717) is 77.3 Å². The van der Waals surface area contributed by atoms with Crippen molar-refractivity contribution in [2.45, 2.75) is 32.6 Å². The molecule has 0 saturated carbocycles. The molecule has 15 nitrogen and oxygen atoms in total. The summed E-state index contributed by atoms with van der Waals surface area (Å²) >= 11 is 3.71. The lowest BCUT2D eigenvalue weighted by Crippen LogP contribution is -2.43. The van der Waals surface area contributed by atoms with Crippen LogP contribution in [0.3, 0.4) is 0 Å². The number of hydrogen-bond acceptors (Lipinski definition) is 13. The van der Waals surface area contributed by atoms with Crippen LogP contribution in [0.5, 0.6) is 0 Å². The molecule has 0 fully saturated rings. The molecule has 0 spiro atoms. The van der Waals surface area contributed by atoms with E-state index in [-0.39, 0.29) is 0 Å². The summed E-state index contributed by atoms with van der Waals surface area (Å²) in [5, 5.41) is 23.3. The summed E-state index contributed by atoms with van der Waals surface area (Å²) in [5.74, 6) is 1.39. The van der Waals surface area contributed by atoms with Gasteiger partial charge in [0.05, 0.1) is 41.2 Å². The van der Waals surface area contributed by atoms with Gasteiger partial charge in [0.15, 0.2) is 17.1 Å². The van der Waals surface area contributed by atoms with Gasteiger partial charge in [0.1, 0.15) is 12.4 Å². The zero-order valence-corrected chi connectivity index (χ0v) is 29.2. The zero-order chi connectivity index (χ0) is 34.8. The van der Waals surface area contributed by atoms with Gasteiger partial charge < -0.3 is 0 Å². The quantitative estimate of drug-likeness (QED) is 0.228. The van der Waals surface area contributed by atoms with Crippen molar-refractivity contribution < 1.29 is 0 Å². The second-order valence-electron chi connectivity index (χ2n) is 12.8. The van der Waals surface area contributed by atoms with Gasteiger partial charge in [0, 0.05) is 53.8 Å². The molecule has 1 N–H and O–H groups in total. The van der Waals surface area contributed by atoms with E-state index < -0.39 is 0 Å². The Kier molecular flexibility index (Phi) is 7.32. The van der Waals surface area contributed by atoms with Crippen molar-refractivity contribution in [2.24, 2.45) is 0 Å². The van der Waals surface area contributed by atoms with Crippen LogP contribution in [0.15, 0.2) is 83.9 Å². The second-order valence-corrected chi connectivity index (χ2v) is 13.7. The number of rotatable bonds is 7. The van der Waals surface area contributed by atoms with E-state index in [2.05, 4.69) is 69.4 Å². The Morgan fingerprint density at radius 3 is 2.37 bits per heavy atom. The van der Waals surface area contributed by atoms with Crippen molar-refractivity contribution >= 4 is 60.9 Å². The Labute approximate surface area is 304 Å². The van der Waals surface area contributed by atoms with E-state index in [1.165, 1.54) is 17.5 Å². The monoisotopic (exact) mass is 749 g/mol. The van der Waals surface area contributed by atoms with Gasteiger partial charge in [-0.1, -0.05) is 24.3 Å². The van der Waals surface area contributed by atoms with Gasteiger partial charge in [-0.2, -0.15) is 19.4 Å². The standard InChI is InChI=1S/C36H28BrN15/c37-27-10-2-9-26-32(27)46-35(50-33(26)41-20-42-50)52(43-21-49-16-24-7-4-13-40-29(24)18-49)36-45-31-23(15-38)5-1-8-25(31)34-44-30(47-51(34)36)19-48-14-11-22-6-3-12-39-28(22)17-48/h1-10,12-13,20,43H,11,14,16-19,21H2. The minimum absolute atomic E-state index is 0.361. The first-order valence-corrected chi connectivity index (χ1v) is 17.6. The van der Waals surface area contributed by atoms with Crippen molar-refractivity contribution in [1.29, 1.82) is 5.26 Å². The third kappa shape index (κ3) is 5.13. The third-order valence-corrected chi connectivity index (χ3v) is 10.3. The predicted octanol–water partition coefficient (Wildman–Crippen LogP) is 4.47. The summed E-state index contributed by atoms with van der Waals surface area (Å²) in [6, 6.07) is 21.9. The van der Waals surface area contributed by atoms with Crippen molar-refractivity contribution in [1.82, 2.24) is 64.4 Å². The molecule has 0 radical (unpaired) electrons. The molecule has 2 aliphatic rings. The lowest BCUT2D eigenvalue weighted by molar-refractivity contribution is 0.235. The van der Waals surface area contributed by atoms with Gasteiger partial charge in [0.2, 0.25) is 0 Å². The van der Waals surface area contributed by atoms with Gasteiger partial charge in [-0.15, -0.1) is 5.10 Å². The van der Waals surface area contributed by atoms with Crippen molar-refractivity contribution in [2.75, 3.05) is 18.2 Å². The average Bonchev–Trinajstić information content (AvgIpc) is 3.94. The molecule has 52 heavy (non-hydrogen) atoms. The van der Waals surface area contributed by atoms with Crippen molar-refractivity contribution in [3.05, 3.63) is 118 Å². The van der Waals surface area contributed by atoms with Gasteiger partial charge in [0.25, 0.3) is 11.9 Å². The summed E-state index contributed by atoms with van der Waals surface area (Å²) in [4.78, 5) is 33.8. The number of aromatic nitrogens is 10. The largest absolute Gasteiger partial charge is 0.290 e. The number of hydrazine groups is 1. The summed E-state index contributed by atoms with van der Waals surface area (Å²) in [5.41, 5.74) is 11.0. The lowest BCUT2D eigenvalue weighted by Gasteiger charge is -2.27. The summed E-state index contributed by atoms with van der Waals surface area (Å²) in [6.07, 6.45) is 6.08. The maximum absolute atomic E-state index is 10.2. The van der Waals surface area contributed by atoms with Crippen molar-refractivity contribution in [3.8, 4) is 6.07 Å². The van der Waals surface area contributed by atoms with Crippen LogP contribution in [0.1, 0.15) is 33.9 Å². The van der Waals surface area contributed by atoms with Gasteiger partial charge in [-0.25, -0.2) is 30.4 Å². The highest BCUT2D eigenvalue weighted by atomic mass is 79.9. The molecule has 0 saturated heterocycles. The summed E-state index contributed by atoms with van der Waals surface area (Å²) in [6.45, 7) is 3.88. The van der Waals surface area contributed by atoms with Crippen LogP contribution in [-0.4, -0.2) is 72.1 Å². The highest BCUT2D eigenvalue weighted by Gasteiger charge is 2.28. The number of fused-ring (bicyclic) bond motifs is 8. The molecule has 2 aromatic carbocycles. The van der Waals surface area contributed by atoms with Crippen LogP contribution in [0.25, 0.3) is 33.1 Å². The van der Waals surface area contributed by atoms with E-state index in [0.717, 1.165) is 40.8 Å². The Morgan fingerprint density at radius 1 is 0.769 bits per heavy atom. The normalized spacial score (nSPS) is 14.7. The average molecular weight is 751 g/mol. The molecule has 0 bridgehead atoms. The first-order valence-electron chi connectivity index (χ1n) is 16.8. The molecule has 0 unspecified atom stereocenters. The topological polar surface area (TPSA) is 157 Å². The fourth-order valence-corrected chi connectivity index (χ4v) is 7.62. The fraction of sp³-hybridized carbons (Fsp3) is 0.194. The molecule has 10 rings (SSSR count). The SMILES string of the molecule is N#Cc1cccc2c1nc(N(NCN1Cc3cccnc3C1)c1nc3c(Br)cccc3c3ncnn13)n1nc(CN3CCc4cccnc4C3)nc21. The molecule has 0 aliphatic carbocycles. The molecular weight excluding hydrogens is 722 g/mol. The van der Waals surface area contributed by atoms with E-state index in [9.17, 15) is 5.26 Å². The molecule has 16 heteroatoms. The molecule has 6 aromatic heterocycles. The Hall–Kier alpha value is -5.99. The molecule has 0 atom stereocenters. The Bertz CT molecular complexity index is 2710. The number of benzene rings is 2.